The van der Waals surface area contributed by atoms with Gasteiger partial charge in [-0.3, -0.25) is 0 Å². The van der Waals surface area contributed by atoms with Gasteiger partial charge in [-0.05, 0) is 26.7 Å². The molecule has 0 N–H and O–H groups in total. The van der Waals surface area contributed by atoms with Crippen LogP contribution in [0.15, 0.2) is 16.8 Å². The third-order valence-electron chi connectivity index (χ3n) is 3.96. The molecule has 0 unspecified atom stereocenters. The van der Waals surface area contributed by atoms with Crippen molar-refractivity contribution in [3.05, 3.63) is 24.1 Å². The first kappa shape index (κ1) is 16.0. The molecule has 1 aliphatic rings. The number of rotatable bonds is 4. The molecule has 3 heterocycles. The molecule has 1 fully saturated rings. The third kappa shape index (κ3) is 3.40. The average Bonchev–Trinajstić information content (AvgIpc) is 3.06. The van der Waals surface area contributed by atoms with E-state index >= 15 is 0 Å². The second-order valence-electron chi connectivity index (χ2n) is 5.56. The van der Waals surface area contributed by atoms with Crippen molar-refractivity contribution in [2.45, 2.75) is 32.6 Å². The summed E-state index contributed by atoms with van der Waals surface area (Å²) in [6.07, 6.45) is 4.89. The summed E-state index contributed by atoms with van der Waals surface area (Å²) in [5, 5.41) is 8.12. The van der Waals surface area contributed by atoms with E-state index < -0.39 is 10.0 Å². The highest BCUT2D eigenvalue weighted by atomic mass is 32.2. The van der Waals surface area contributed by atoms with E-state index in [4.69, 9.17) is 4.42 Å². The molecule has 3 rings (SSSR count). The van der Waals surface area contributed by atoms with Gasteiger partial charge >= 0.3 is 0 Å². The van der Waals surface area contributed by atoms with Gasteiger partial charge in [0, 0.05) is 25.5 Å². The maximum Gasteiger partial charge on any atom is 0.250 e. The van der Waals surface area contributed by atoms with Gasteiger partial charge in [-0.25, -0.2) is 22.7 Å². The minimum Gasteiger partial charge on any atom is -0.420 e. The number of hydrogen-bond donors (Lipinski definition) is 0. The Hall–Kier alpha value is -1.87. The van der Waals surface area contributed by atoms with Gasteiger partial charge in [0.1, 0.15) is 5.82 Å². The van der Waals surface area contributed by atoms with Gasteiger partial charge in [0.15, 0.2) is 0 Å². The van der Waals surface area contributed by atoms with Crippen molar-refractivity contribution >= 4 is 10.0 Å². The lowest BCUT2D eigenvalue weighted by Gasteiger charge is -2.29. The molecule has 1 saturated heterocycles. The van der Waals surface area contributed by atoms with E-state index in [1.165, 1.54) is 4.31 Å². The van der Waals surface area contributed by atoms with Crippen molar-refractivity contribution in [2.75, 3.05) is 18.8 Å². The molecule has 23 heavy (non-hydrogen) atoms. The molecule has 0 aromatic carbocycles. The molecule has 0 bridgehead atoms. The summed E-state index contributed by atoms with van der Waals surface area (Å²) in [4.78, 5) is 8.21. The fourth-order valence-electron chi connectivity index (χ4n) is 2.60. The van der Waals surface area contributed by atoms with Crippen molar-refractivity contribution in [3.63, 3.8) is 0 Å². The fourth-order valence-corrected chi connectivity index (χ4v) is 3.78. The maximum absolute atomic E-state index is 12.0. The fraction of sp³-hybridized carbons (Fsp3) is 0.571. The Labute approximate surface area is 135 Å². The van der Waals surface area contributed by atoms with E-state index in [2.05, 4.69) is 20.2 Å². The van der Waals surface area contributed by atoms with Crippen LogP contribution in [0.1, 0.15) is 37.4 Å². The van der Waals surface area contributed by atoms with Crippen LogP contribution in [0.4, 0.5) is 0 Å². The molecule has 2 aromatic heterocycles. The zero-order chi connectivity index (χ0) is 16.4. The lowest BCUT2D eigenvalue weighted by atomic mass is 10.00. The maximum atomic E-state index is 12.0. The van der Waals surface area contributed by atoms with E-state index in [0.717, 1.165) is 12.8 Å². The molecule has 1 atom stereocenters. The lowest BCUT2D eigenvalue weighted by Crippen LogP contribution is -2.39. The summed E-state index contributed by atoms with van der Waals surface area (Å²) in [6.45, 7) is 4.40. The number of sulfonamides is 1. The first-order chi connectivity index (χ1) is 11.0. The van der Waals surface area contributed by atoms with Crippen molar-refractivity contribution in [2.24, 2.45) is 0 Å². The van der Waals surface area contributed by atoms with Crippen LogP contribution in [0.2, 0.25) is 0 Å². The topological polar surface area (TPSA) is 102 Å². The number of piperidine rings is 1. The summed E-state index contributed by atoms with van der Waals surface area (Å²) in [7, 11) is -3.19. The van der Waals surface area contributed by atoms with Gasteiger partial charge in [0.25, 0.3) is 5.89 Å². The van der Waals surface area contributed by atoms with Gasteiger partial charge < -0.3 is 4.42 Å². The van der Waals surface area contributed by atoms with Crippen LogP contribution in [0, 0.1) is 6.92 Å². The number of hydrogen-bond acceptors (Lipinski definition) is 7. The summed E-state index contributed by atoms with van der Waals surface area (Å²) in [6, 6.07) is 0. The second kappa shape index (κ2) is 6.32. The van der Waals surface area contributed by atoms with Gasteiger partial charge in [-0.15, -0.1) is 10.2 Å². The molecule has 2 aromatic rings. The highest BCUT2D eigenvalue weighted by Gasteiger charge is 2.31. The van der Waals surface area contributed by atoms with E-state index in [-0.39, 0.29) is 11.7 Å². The van der Waals surface area contributed by atoms with Crippen LogP contribution in [-0.4, -0.2) is 51.7 Å². The molecule has 0 radical (unpaired) electrons. The van der Waals surface area contributed by atoms with Crippen molar-refractivity contribution < 1.29 is 12.8 Å². The van der Waals surface area contributed by atoms with Gasteiger partial charge in [-0.2, -0.15) is 0 Å². The zero-order valence-electron chi connectivity index (χ0n) is 13.1. The second-order valence-corrected chi connectivity index (χ2v) is 7.82. The molecule has 1 aliphatic heterocycles. The van der Waals surface area contributed by atoms with Gasteiger partial charge in [0.05, 0.1) is 17.2 Å². The molecule has 0 spiro atoms. The third-order valence-corrected chi connectivity index (χ3v) is 5.81. The van der Waals surface area contributed by atoms with E-state index in [0.29, 0.717) is 36.3 Å². The molecule has 0 aliphatic carbocycles. The Kier molecular flexibility index (Phi) is 4.40. The molecule has 0 saturated carbocycles. The number of aryl methyl sites for hydroxylation is 1. The minimum absolute atomic E-state index is 0.0716. The SMILES string of the molecule is CCS(=O)(=O)N1CCC[C@H](c2nnc(-c3cnc(C)nc3)o2)C1. The largest absolute Gasteiger partial charge is 0.420 e. The Morgan fingerprint density at radius 1 is 1.30 bits per heavy atom. The Balaban J connectivity index is 1.79. The van der Waals surface area contributed by atoms with Crippen molar-refractivity contribution in [1.29, 1.82) is 0 Å². The quantitative estimate of drug-likeness (QED) is 0.830. The summed E-state index contributed by atoms with van der Waals surface area (Å²) in [5.41, 5.74) is 0.656. The minimum atomic E-state index is -3.19. The Morgan fingerprint density at radius 3 is 2.74 bits per heavy atom. The summed E-state index contributed by atoms with van der Waals surface area (Å²) in [5.74, 6) is 1.53. The lowest BCUT2D eigenvalue weighted by molar-refractivity contribution is 0.286. The molecule has 9 heteroatoms. The first-order valence-corrected chi connectivity index (χ1v) is 9.20. The zero-order valence-corrected chi connectivity index (χ0v) is 14.0. The van der Waals surface area contributed by atoms with Crippen LogP contribution < -0.4 is 0 Å². The van der Waals surface area contributed by atoms with E-state index in [9.17, 15) is 8.42 Å². The monoisotopic (exact) mass is 337 g/mol. The predicted octanol–water partition coefficient (Wildman–Crippen LogP) is 1.36. The molecular weight excluding hydrogens is 318 g/mol. The molecular formula is C14H19N5O3S. The number of nitrogens with zero attached hydrogens (tertiary/aromatic N) is 5. The van der Waals surface area contributed by atoms with Crippen LogP contribution >= 0.6 is 0 Å². The predicted molar refractivity (Wildman–Crippen MR) is 83.1 cm³/mol. The Morgan fingerprint density at radius 2 is 2.04 bits per heavy atom. The van der Waals surface area contributed by atoms with Crippen LogP contribution in [0.5, 0.6) is 0 Å². The molecule has 124 valence electrons. The highest BCUT2D eigenvalue weighted by molar-refractivity contribution is 7.89. The summed E-state index contributed by atoms with van der Waals surface area (Å²) < 4.78 is 31.3. The van der Waals surface area contributed by atoms with Crippen molar-refractivity contribution in [1.82, 2.24) is 24.5 Å². The van der Waals surface area contributed by atoms with E-state index in [1.54, 1.807) is 26.2 Å². The normalized spacial score (nSPS) is 19.8. The summed E-state index contributed by atoms with van der Waals surface area (Å²) >= 11 is 0. The van der Waals surface area contributed by atoms with Crippen molar-refractivity contribution in [3.8, 4) is 11.5 Å². The standard InChI is InChI=1S/C14H19N5O3S/c1-3-23(20,21)19-6-4-5-11(9-19)13-17-18-14(22-13)12-7-15-10(2)16-8-12/h7-8,11H,3-6,9H2,1-2H3/t11-/m0/s1. The first-order valence-electron chi connectivity index (χ1n) is 7.60. The van der Waals surface area contributed by atoms with Crippen LogP contribution in [0.3, 0.4) is 0 Å². The van der Waals surface area contributed by atoms with Crippen LogP contribution in [0.25, 0.3) is 11.5 Å². The smallest absolute Gasteiger partial charge is 0.250 e. The highest BCUT2D eigenvalue weighted by Crippen LogP contribution is 2.29. The number of aromatic nitrogens is 4. The molecule has 8 nitrogen and oxygen atoms in total. The Bertz CT molecular complexity index is 772. The molecule has 0 amide bonds. The van der Waals surface area contributed by atoms with Crippen LogP contribution in [-0.2, 0) is 10.0 Å². The van der Waals surface area contributed by atoms with Gasteiger partial charge in [0.2, 0.25) is 15.9 Å². The van der Waals surface area contributed by atoms with Gasteiger partial charge in [-0.1, -0.05) is 0 Å². The van der Waals surface area contributed by atoms with E-state index in [1.807, 2.05) is 0 Å². The average molecular weight is 337 g/mol.